The van der Waals surface area contributed by atoms with Crippen LogP contribution < -0.4 is 16.8 Å². The lowest BCUT2D eigenvalue weighted by Crippen LogP contribution is -2.32. The zero-order valence-electron chi connectivity index (χ0n) is 19.1. The number of aliphatic hydroxyl groups is 1. The SMILES string of the molecule is CNCCCC[C@H](CC(=C(C)C)[C@@H](N)Cc1ccc(O)cc1)C(=O)C[C@@H](CO)C(N)=O. The standard InChI is InChI=1S/C24H39N3O4/c1-16(2)21(22(25)12-17-7-9-20(29)10-8-17)13-18(6-4-5-11-27-3)23(30)14-19(15-28)24(26)31/h7-10,18-19,22,27-29H,4-6,11-15,25H2,1-3H3,(H2,26,31)/t18-,19+,22+/m1/s1. The maximum Gasteiger partial charge on any atom is 0.223 e. The second kappa shape index (κ2) is 14.0. The van der Waals surface area contributed by atoms with E-state index in [0.717, 1.165) is 36.1 Å². The molecule has 31 heavy (non-hydrogen) atoms. The third kappa shape index (κ3) is 9.63. The number of hydrogen-bond acceptors (Lipinski definition) is 6. The summed E-state index contributed by atoms with van der Waals surface area (Å²) in [5.74, 6) is -1.64. The van der Waals surface area contributed by atoms with Gasteiger partial charge in [0.1, 0.15) is 11.5 Å². The van der Waals surface area contributed by atoms with E-state index in [9.17, 15) is 19.8 Å². The maximum absolute atomic E-state index is 13.0. The van der Waals surface area contributed by atoms with Crippen molar-refractivity contribution in [1.29, 1.82) is 0 Å². The molecule has 0 unspecified atom stereocenters. The Labute approximate surface area is 185 Å². The minimum atomic E-state index is -0.854. The lowest BCUT2D eigenvalue weighted by atomic mass is 9.82. The van der Waals surface area contributed by atoms with Crippen LogP contribution in [0.15, 0.2) is 35.4 Å². The highest BCUT2D eigenvalue weighted by Crippen LogP contribution is 2.27. The second-order valence-electron chi connectivity index (χ2n) is 8.45. The van der Waals surface area contributed by atoms with Crippen LogP contribution in [0.4, 0.5) is 0 Å². The highest BCUT2D eigenvalue weighted by molar-refractivity contribution is 5.87. The monoisotopic (exact) mass is 433 g/mol. The summed E-state index contributed by atoms with van der Waals surface area (Å²) in [6.07, 6.45) is 3.59. The minimum absolute atomic E-state index is 0.0498. The first-order chi connectivity index (χ1) is 14.7. The number of carbonyl (C=O) groups excluding carboxylic acids is 2. The maximum atomic E-state index is 13.0. The fourth-order valence-corrected chi connectivity index (χ4v) is 3.73. The average Bonchev–Trinajstić information content (AvgIpc) is 2.72. The molecule has 7 nitrogen and oxygen atoms in total. The van der Waals surface area contributed by atoms with Gasteiger partial charge in [-0.1, -0.05) is 29.7 Å². The third-order valence-electron chi connectivity index (χ3n) is 5.70. The molecule has 0 aliphatic carbocycles. The predicted octanol–water partition coefficient (Wildman–Crippen LogP) is 2.05. The van der Waals surface area contributed by atoms with Crippen LogP contribution >= 0.6 is 0 Å². The van der Waals surface area contributed by atoms with Gasteiger partial charge >= 0.3 is 0 Å². The Balaban J connectivity index is 2.96. The van der Waals surface area contributed by atoms with Gasteiger partial charge in [0.15, 0.2) is 0 Å². The van der Waals surface area contributed by atoms with E-state index in [4.69, 9.17) is 11.5 Å². The van der Waals surface area contributed by atoms with E-state index < -0.39 is 18.4 Å². The van der Waals surface area contributed by atoms with Crippen LogP contribution in [0.25, 0.3) is 0 Å². The number of hydrogen-bond donors (Lipinski definition) is 5. The molecule has 1 aromatic carbocycles. The van der Waals surface area contributed by atoms with E-state index in [1.54, 1.807) is 12.1 Å². The topological polar surface area (TPSA) is 139 Å². The molecule has 7 N–H and O–H groups in total. The predicted molar refractivity (Wildman–Crippen MR) is 123 cm³/mol. The number of nitrogens with one attached hydrogen (secondary N) is 1. The summed E-state index contributed by atoms with van der Waals surface area (Å²) < 4.78 is 0. The Hall–Kier alpha value is -2.22. The van der Waals surface area contributed by atoms with Gasteiger partial charge in [-0.25, -0.2) is 0 Å². The average molecular weight is 434 g/mol. The van der Waals surface area contributed by atoms with Crippen molar-refractivity contribution < 1.29 is 19.8 Å². The summed E-state index contributed by atoms with van der Waals surface area (Å²) in [6.45, 7) is 4.43. The lowest BCUT2D eigenvalue weighted by Gasteiger charge is -2.24. The molecule has 1 amide bonds. The molecule has 174 valence electrons. The molecule has 0 saturated carbocycles. The number of rotatable bonds is 15. The Morgan fingerprint density at radius 1 is 1.06 bits per heavy atom. The van der Waals surface area contributed by atoms with Gasteiger partial charge in [-0.3, -0.25) is 9.59 Å². The van der Waals surface area contributed by atoms with Gasteiger partial charge in [0.25, 0.3) is 0 Å². The number of amides is 1. The molecule has 7 heteroatoms. The molecule has 0 bridgehead atoms. The van der Waals surface area contributed by atoms with Crippen molar-refractivity contribution in [2.24, 2.45) is 23.3 Å². The highest BCUT2D eigenvalue weighted by Gasteiger charge is 2.27. The number of unbranched alkanes of at least 4 members (excludes halogenated alkanes) is 1. The molecule has 0 aliphatic rings. The van der Waals surface area contributed by atoms with Gasteiger partial charge in [0.2, 0.25) is 5.91 Å². The summed E-state index contributed by atoms with van der Waals surface area (Å²) in [5.41, 5.74) is 15.0. The van der Waals surface area contributed by atoms with Crippen molar-refractivity contribution in [1.82, 2.24) is 5.32 Å². The molecule has 0 spiro atoms. The quantitative estimate of drug-likeness (QED) is 0.212. The van der Waals surface area contributed by atoms with E-state index in [-0.39, 0.29) is 29.9 Å². The van der Waals surface area contributed by atoms with Crippen molar-refractivity contribution in [2.75, 3.05) is 20.2 Å². The van der Waals surface area contributed by atoms with E-state index in [0.29, 0.717) is 19.3 Å². The molecule has 1 rings (SSSR count). The summed E-state index contributed by atoms with van der Waals surface area (Å²) in [5, 5.41) is 22.0. The van der Waals surface area contributed by atoms with Gasteiger partial charge < -0.3 is 27.0 Å². The van der Waals surface area contributed by atoms with E-state index in [1.807, 2.05) is 33.0 Å². The van der Waals surface area contributed by atoms with E-state index in [1.165, 1.54) is 0 Å². The van der Waals surface area contributed by atoms with Crippen molar-refractivity contribution in [2.45, 2.75) is 58.4 Å². The largest absolute Gasteiger partial charge is 0.508 e. The zero-order valence-corrected chi connectivity index (χ0v) is 19.1. The van der Waals surface area contributed by atoms with Crippen molar-refractivity contribution in [3.8, 4) is 5.75 Å². The van der Waals surface area contributed by atoms with Crippen molar-refractivity contribution >= 4 is 11.7 Å². The number of carbonyl (C=O) groups is 2. The van der Waals surface area contributed by atoms with Crippen LogP contribution in [0.1, 0.15) is 51.5 Å². The third-order valence-corrected chi connectivity index (χ3v) is 5.70. The van der Waals surface area contributed by atoms with Gasteiger partial charge in [-0.15, -0.1) is 0 Å². The molecule has 0 aromatic heterocycles. The molecule has 0 fully saturated rings. The number of nitrogens with two attached hydrogens (primary N) is 2. The summed E-state index contributed by atoms with van der Waals surface area (Å²) >= 11 is 0. The van der Waals surface area contributed by atoms with Gasteiger partial charge in [0, 0.05) is 18.4 Å². The number of ketones is 1. The van der Waals surface area contributed by atoms with Crippen molar-refractivity contribution in [3.63, 3.8) is 0 Å². The normalized spacial score (nSPS) is 14.0. The number of Topliss-reactive ketones (excluding diaryl/α,β-unsaturated/α-hetero) is 1. The van der Waals surface area contributed by atoms with Crippen LogP contribution in [-0.4, -0.2) is 48.1 Å². The van der Waals surface area contributed by atoms with Gasteiger partial charge in [-0.05, 0) is 70.8 Å². The fourth-order valence-electron chi connectivity index (χ4n) is 3.73. The molecule has 1 aromatic rings. The Bertz CT molecular complexity index is 727. The van der Waals surface area contributed by atoms with Crippen molar-refractivity contribution in [3.05, 3.63) is 41.0 Å². The van der Waals surface area contributed by atoms with E-state index in [2.05, 4.69) is 5.32 Å². The van der Waals surface area contributed by atoms with Gasteiger partial charge in [0.05, 0.1) is 12.5 Å². The fraction of sp³-hybridized carbons (Fsp3) is 0.583. The Kier molecular flexibility index (Phi) is 12.1. The summed E-state index contributed by atoms with van der Waals surface area (Å²) in [6, 6.07) is 6.70. The first-order valence-electron chi connectivity index (χ1n) is 11.0. The first kappa shape index (κ1) is 26.8. The Morgan fingerprint density at radius 2 is 1.71 bits per heavy atom. The zero-order chi connectivity index (χ0) is 23.4. The molecule has 0 radical (unpaired) electrons. The summed E-state index contributed by atoms with van der Waals surface area (Å²) in [7, 11) is 1.89. The van der Waals surface area contributed by atoms with Crippen LogP contribution in [0, 0.1) is 11.8 Å². The number of phenols is 1. The number of allylic oxidation sites excluding steroid dienone is 1. The van der Waals surface area contributed by atoms with E-state index >= 15 is 0 Å². The summed E-state index contributed by atoms with van der Waals surface area (Å²) in [4.78, 5) is 24.5. The van der Waals surface area contributed by atoms with Crippen LogP contribution in [0.2, 0.25) is 0 Å². The molecule has 3 atom stereocenters. The Morgan fingerprint density at radius 3 is 2.23 bits per heavy atom. The number of aromatic hydroxyl groups is 1. The first-order valence-corrected chi connectivity index (χ1v) is 11.0. The van der Waals surface area contributed by atoms with Gasteiger partial charge in [-0.2, -0.15) is 0 Å². The number of benzene rings is 1. The highest BCUT2D eigenvalue weighted by atomic mass is 16.3. The molecular weight excluding hydrogens is 394 g/mol. The number of aliphatic hydroxyl groups excluding tert-OH is 1. The second-order valence-corrected chi connectivity index (χ2v) is 8.45. The molecule has 0 aliphatic heterocycles. The van der Waals surface area contributed by atoms with Crippen LogP contribution in [0.3, 0.4) is 0 Å². The number of primary amides is 1. The molecule has 0 heterocycles. The van der Waals surface area contributed by atoms with Crippen LogP contribution in [-0.2, 0) is 16.0 Å². The molecule has 0 saturated heterocycles. The van der Waals surface area contributed by atoms with Crippen LogP contribution in [0.5, 0.6) is 5.75 Å². The lowest BCUT2D eigenvalue weighted by molar-refractivity contribution is -0.130. The smallest absolute Gasteiger partial charge is 0.223 e. The molecular formula is C24H39N3O4. The minimum Gasteiger partial charge on any atom is -0.508 e. The number of phenolic OH excluding ortho intramolecular Hbond substituents is 1.